The third-order valence-electron chi connectivity index (χ3n) is 3.74. The molecule has 5 nitrogen and oxygen atoms in total. The summed E-state index contributed by atoms with van der Waals surface area (Å²) in [5.41, 5.74) is 0.926. The molecule has 1 unspecified atom stereocenters. The molecule has 146 valence electrons. The number of aliphatic hydroxyl groups is 1. The van der Waals surface area contributed by atoms with Gasteiger partial charge in [0, 0.05) is 13.0 Å². The van der Waals surface area contributed by atoms with Gasteiger partial charge < -0.3 is 19.9 Å². The highest BCUT2D eigenvalue weighted by molar-refractivity contribution is 6.42. The second-order valence-corrected chi connectivity index (χ2v) is 6.98. The van der Waals surface area contributed by atoms with E-state index in [9.17, 15) is 9.90 Å². The summed E-state index contributed by atoms with van der Waals surface area (Å²) in [6.07, 6.45) is -0.0733. The summed E-state index contributed by atoms with van der Waals surface area (Å²) in [7, 11) is 1.55. The van der Waals surface area contributed by atoms with Crippen molar-refractivity contribution < 1.29 is 19.4 Å². The Morgan fingerprint density at radius 2 is 1.93 bits per heavy atom. The zero-order valence-electron chi connectivity index (χ0n) is 14.7. The van der Waals surface area contributed by atoms with Crippen LogP contribution in [0.2, 0.25) is 15.1 Å². The van der Waals surface area contributed by atoms with E-state index in [0.29, 0.717) is 28.0 Å². The number of amides is 1. The number of ether oxygens (including phenoxy) is 2. The van der Waals surface area contributed by atoms with Crippen molar-refractivity contribution in [1.82, 2.24) is 5.32 Å². The lowest BCUT2D eigenvalue weighted by molar-refractivity contribution is -0.121. The van der Waals surface area contributed by atoms with Gasteiger partial charge in [-0.15, -0.1) is 0 Å². The third-order valence-corrected chi connectivity index (χ3v) is 4.84. The molecule has 2 N–H and O–H groups in total. The Hall–Kier alpha value is -1.66. The van der Waals surface area contributed by atoms with E-state index >= 15 is 0 Å². The molecule has 2 aromatic rings. The summed E-state index contributed by atoms with van der Waals surface area (Å²) < 4.78 is 10.5. The van der Waals surface area contributed by atoms with Gasteiger partial charge in [-0.05, 0) is 36.2 Å². The summed E-state index contributed by atoms with van der Waals surface area (Å²) in [4.78, 5) is 11.9. The highest BCUT2D eigenvalue weighted by Crippen LogP contribution is 2.31. The fraction of sp³-hybridized carbons (Fsp3) is 0.316. The lowest BCUT2D eigenvalue weighted by Gasteiger charge is -2.14. The maximum Gasteiger partial charge on any atom is 0.220 e. The SMILES string of the molecule is COc1ccc(CCC(=O)NCC(O)COc2cccc(Cl)c2Cl)cc1Cl. The normalized spacial score (nSPS) is 11.7. The van der Waals surface area contributed by atoms with Crippen LogP contribution in [0, 0.1) is 0 Å². The van der Waals surface area contributed by atoms with Crippen LogP contribution in [0.5, 0.6) is 11.5 Å². The first-order chi connectivity index (χ1) is 12.9. The number of benzene rings is 2. The van der Waals surface area contributed by atoms with Crippen molar-refractivity contribution in [2.24, 2.45) is 0 Å². The van der Waals surface area contributed by atoms with Crippen molar-refractivity contribution in [3.63, 3.8) is 0 Å². The first-order valence-electron chi connectivity index (χ1n) is 8.24. The number of rotatable bonds is 9. The lowest BCUT2D eigenvalue weighted by Crippen LogP contribution is -2.35. The Kier molecular flexibility index (Phi) is 8.51. The number of hydrogen-bond donors (Lipinski definition) is 2. The Morgan fingerprint density at radius 1 is 1.15 bits per heavy atom. The quantitative estimate of drug-likeness (QED) is 0.625. The molecule has 0 spiro atoms. The lowest BCUT2D eigenvalue weighted by atomic mass is 10.1. The van der Waals surface area contributed by atoms with E-state index in [1.165, 1.54) is 0 Å². The number of carbonyl (C=O) groups is 1. The van der Waals surface area contributed by atoms with E-state index in [2.05, 4.69) is 5.32 Å². The minimum absolute atomic E-state index is 0.0194. The zero-order valence-corrected chi connectivity index (χ0v) is 16.9. The molecule has 0 heterocycles. The van der Waals surface area contributed by atoms with Crippen molar-refractivity contribution in [3.8, 4) is 11.5 Å². The summed E-state index contributed by atoms with van der Waals surface area (Å²) in [5, 5.41) is 13.8. The zero-order chi connectivity index (χ0) is 19.8. The average Bonchev–Trinajstić information content (AvgIpc) is 2.66. The molecular formula is C19H20Cl3NO4. The smallest absolute Gasteiger partial charge is 0.220 e. The number of halogens is 3. The molecule has 2 rings (SSSR count). The Bertz CT molecular complexity index is 786. The summed E-state index contributed by atoms with van der Waals surface area (Å²) in [6, 6.07) is 10.4. The molecule has 1 atom stereocenters. The average molecular weight is 433 g/mol. The molecule has 0 aliphatic heterocycles. The van der Waals surface area contributed by atoms with Gasteiger partial charge in [0.2, 0.25) is 5.91 Å². The molecule has 0 aliphatic rings. The first-order valence-corrected chi connectivity index (χ1v) is 9.38. The second kappa shape index (κ2) is 10.6. The number of hydrogen-bond acceptors (Lipinski definition) is 4. The minimum atomic E-state index is -0.876. The van der Waals surface area contributed by atoms with Crippen molar-refractivity contribution in [1.29, 1.82) is 0 Å². The minimum Gasteiger partial charge on any atom is -0.495 e. The van der Waals surface area contributed by atoms with Crippen molar-refractivity contribution >= 4 is 40.7 Å². The van der Waals surface area contributed by atoms with E-state index < -0.39 is 6.10 Å². The highest BCUT2D eigenvalue weighted by atomic mass is 35.5. The topological polar surface area (TPSA) is 67.8 Å². The van der Waals surface area contributed by atoms with E-state index in [-0.39, 0.29) is 30.5 Å². The fourth-order valence-electron chi connectivity index (χ4n) is 2.28. The van der Waals surface area contributed by atoms with Gasteiger partial charge in [0.25, 0.3) is 0 Å². The highest BCUT2D eigenvalue weighted by Gasteiger charge is 2.11. The molecule has 2 aromatic carbocycles. The van der Waals surface area contributed by atoms with Crippen LogP contribution in [0.3, 0.4) is 0 Å². The maximum absolute atomic E-state index is 11.9. The van der Waals surface area contributed by atoms with Crippen LogP contribution in [0.1, 0.15) is 12.0 Å². The second-order valence-electron chi connectivity index (χ2n) is 5.79. The summed E-state index contributed by atoms with van der Waals surface area (Å²) in [6.45, 7) is 0.0504. The van der Waals surface area contributed by atoms with Crippen LogP contribution in [-0.2, 0) is 11.2 Å². The summed E-state index contributed by atoms with van der Waals surface area (Å²) in [5.74, 6) is 0.792. The number of carbonyl (C=O) groups excluding carboxylic acids is 1. The van der Waals surface area contributed by atoms with Gasteiger partial charge in [-0.2, -0.15) is 0 Å². The predicted molar refractivity (Wildman–Crippen MR) is 107 cm³/mol. The third kappa shape index (κ3) is 6.78. The fourth-order valence-corrected chi connectivity index (χ4v) is 2.91. The Labute approximate surface area is 173 Å². The molecule has 0 saturated heterocycles. The predicted octanol–water partition coefficient (Wildman–Crippen LogP) is 4.14. The Balaban J connectivity index is 1.71. The van der Waals surface area contributed by atoms with Crippen molar-refractivity contribution in [3.05, 3.63) is 57.0 Å². The summed E-state index contributed by atoms with van der Waals surface area (Å²) >= 11 is 18.0. The van der Waals surface area contributed by atoms with Gasteiger partial charge in [-0.1, -0.05) is 46.9 Å². The monoisotopic (exact) mass is 431 g/mol. The first kappa shape index (κ1) is 21.6. The molecule has 0 saturated carbocycles. The number of aryl methyl sites for hydroxylation is 1. The molecule has 0 bridgehead atoms. The van der Waals surface area contributed by atoms with Crippen molar-refractivity contribution in [2.45, 2.75) is 18.9 Å². The number of nitrogens with one attached hydrogen (secondary N) is 1. The molecule has 0 fully saturated rings. The van der Waals surface area contributed by atoms with Gasteiger partial charge >= 0.3 is 0 Å². The van der Waals surface area contributed by atoms with Crippen LogP contribution < -0.4 is 14.8 Å². The van der Waals surface area contributed by atoms with Gasteiger partial charge in [-0.25, -0.2) is 0 Å². The van der Waals surface area contributed by atoms with E-state index in [4.69, 9.17) is 44.3 Å². The van der Waals surface area contributed by atoms with Gasteiger partial charge in [0.1, 0.15) is 29.2 Å². The van der Waals surface area contributed by atoms with Crippen LogP contribution >= 0.6 is 34.8 Å². The van der Waals surface area contributed by atoms with Crippen LogP contribution in [0.25, 0.3) is 0 Å². The molecular weight excluding hydrogens is 413 g/mol. The van der Waals surface area contributed by atoms with E-state index in [0.717, 1.165) is 5.56 Å². The van der Waals surface area contributed by atoms with Gasteiger partial charge in [-0.3, -0.25) is 4.79 Å². The molecule has 0 radical (unpaired) electrons. The van der Waals surface area contributed by atoms with Crippen molar-refractivity contribution in [2.75, 3.05) is 20.3 Å². The Morgan fingerprint density at radius 3 is 2.63 bits per heavy atom. The van der Waals surface area contributed by atoms with Crippen LogP contribution in [0.4, 0.5) is 0 Å². The molecule has 0 aliphatic carbocycles. The van der Waals surface area contributed by atoms with Gasteiger partial charge in [0.15, 0.2) is 0 Å². The van der Waals surface area contributed by atoms with Crippen LogP contribution in [0.15, 0.2) is 36.4 Å². The molecule has 8 heteroatoms. The maximum atomic E-state index is 11.9. The molecule has 0 aromatic heterocycles. The number of methoxy groups -OCH3 is 1. The van der Waals surface area contributed by atoms with E-state index in [1.54, 1.807) is 37.4 Å². The largest absolute Gasteiger partial charge is 0.495 e. The standard InChI is InChI=1S/C19H20Cl3NO4/c1-26-16-7-5-12(9-15(16)21)6-8-18(25)23-10-13(24)11-27-17-4-2-3-14(20)19(17)22/h2-5,7,9,13,24H,6,8,10-11H2,1H3,(H,23,25). The molecule has 27 heavy (non-hydrogen) atoms. The number of aliphatic hydroxyl groups excluding tert-OH is 1. The van der Waals surface area contributed by atoms with E-state index in [1.807, 2.05) is 6.07 Å². The molecule has 1 amide bonds. The van der Waals surface area contributed by atoms with Gasteiger partial charge in [0.05, 0.1) is 17.2 Å². The van der Waals surface area contributed by atoms with Crippen LogP contribution in [-0.4, -0.2) is 37.4 Å².